The number of aromatic amines is 1. The molecule has 1 aliphatic rings. The molecular weight excluding hydrogens is 416 g/mol. The Bertz CT molecular complexity index is 1290. The minimum Gasteiger partial charge on any atom is -0.348 e. The highest BCUT2D eigenvalue weighted by atomic mass is 16.2. The van der Waals surface area contributed by atoms with Gasteiger partial charge >= 0.3 is 0 Å². The van der Waals surface area contributed by atoms with E-state index in [1.54, 1.807) is 54.7 Å². The van der Waals surface area contributed by atoms with Crippen LogP contribution in [0.2, 0.25) is 0 Å². The molecule has 2 N–H and O–H groups in total. The molecule has 0 saturated carbocycles. The summed E-state index contributed by atoms with van der Waals surface area (Å²) < 4.78 is 0. The Labute approximate surface area is 190 Å². The van der Waals surface area contributed by atoms with E-state index in [0.717, 1.165) is 22.4 Å². The predicted octanol–water partition coefficient (Wildman–Crippen LogP) is 3.80. The van der Waals surface area contributed by atoms with Crippen molar-refractivity contribution in [2.75, 3.05) is 0 Å². The van der Waals surface area contributed by atoms with Crippen LogP contribution >= 0.6 is 0 Å². The molecule has 0 bridgehead atoms. The van der Waals surface area contributed by atoms with Gasteiger partial charge in [0.1, 0.15) is 0 Å². The highest BCUT2D eigenvalue weighted by Gasteiger charge is 2.34. The molecule has 4 aromatic rings. The summed E-state index contributed by atoms with van der Waals surface area (Å²) in [7, 11) is 0. The van der Waals surface area contributed by atoms with Crippen LogP contribution in [0.15, 0.2) is 85.1 Å². The SMILES string of the molecule is O=C(NCc1ccc(-c2ccn[nH]2)cc1)c1ccc(CN2C(=O)c3ccccc3C2=O)cc1. The van der Waals surface area contributed by atoms with Gasteiger partial charge in [0.05, 0.1) is 23.4 Å². The second-order valence-electron chi connectivity index (χ2n) is 7.79. The van der Waals surface area contributed by atoms with Gasteiger partial charge in [0.25, 0.3) is 17.7 Å². The Morgan fingerprint density at radius 3 is 2.06 bits per heavy atom. The van der Waals surface area contributed by atoms with Crippen molar-refractivity contribution in [3.63, 3.8) is 0 Å². The van der Waals surface area contributed by atoms with Crippen molar-refractivity contribution >= 4 is 17.7 Å². The predicted molar refractivity (Wildman–Crippen MR) is 122 cm³/mol. The molecule has 0 fully saturated rings. The molecule has 33 heavy (non-hydrogen) atoms. The fourth-order valence-electron chi connectivity index (χ4n) is 3.83. The minimum absolute atomic E-state index is 0.164. The molecule has 0 radical (unpaired) electrons. The first-order valence-corrected chi connectivity index (χ1v) is 10.5. The molecule has 5 rings (SSSR count). The zero-order valence-electron chi connectivity index (χ0n) is 17.6. The number of hydrogen-bond donors (Lipinski definition) is 2. The zero-order chi connectivity index (χ0) is 22.8. The van der Waals surface area contributed by atoms with Crippen LogP contribution < -0.4 is 5.32 Å². The normalized spacial score (nSPS) is 12.7. The Kier molecular flexibility index (Phi) is 5.28. The number of carbonyl (C=O) groups excluding carboxylic acids is 3. The maximum absolute atomic E-state index is 12.5. The van der Waals surface area contributed by atoms with Crippen LogP contribution in [0, 0.1) is 0 Å². The van der Waals surface area contributed by atoms with Crippen LogP contribution in [0.3, 0.4) is 0 Å². The fraction of sp³-hybridized carbons (Fsp3) is 0.0769. The fourth-order valence-corrected chi connectivity index (χ4v) is 3.83. The van der Waals surface area contributed by atoms with Gasteiger partial charge in [-0.1, -0.05) is 48.5 Å². The third-order valence-corrected chi connectivity index (χ3v) is 5.65. The Hall–Kier alpha value is -4.52. The van der Waals surface area contributed by atoms with E-state index in [1.807, 2.05) is 30.3 Å². The van der Waals surface area contributed by atoms with Gasteiger partial charge < -0.3 is 5.32 Å². The molecule has 0 aliphatic carbocycles. The summed E-state index contributed by atoms with van der Waals surface area (Å²) in [4.78, 5) is 38.8. The van der Waals surface area contributed by atoms with E-state index in [0.29, 0.717) is 23.2 Å². The van der Waals surface area contributed by atoms with Crippen molar-refractivity contribution in [3.05, 3.63) is 113 Å². The lowest BCUT2D eigenvalue weighted by atomic mass is 10.1. The van der Waals surface area contributed by atoms with E-state index in [9.17, 15) is 14.4 Å². The maximum atomic E-state index is 12.5. The molecule has 0 saturated heterocycles. The van der Waals surface area contributed by atoms with E-state index in [2.05, 4.69) is 15.5 Å². The largest absolute Gasteiger partial charge is 0.348 e. The molecule has 2 heterocycles. The summed E-state index contributed by atoms with van der Waals surface area (Å²) in [5, 5.41) is 9.78. The van der Waals surface area contributed by atoms with Gasteiger partial charge in [0.2, 0.25) is 0 Å². The van der Waals surface area contributed by atoms with E-state index in [4.69, 9.17) is 0 Å². The van der Waals surface area contributed by atoms with Crippen molar-refractivity contribution in [3.8, 4) is 11.3 Å². The third-order valence-electron chi connectivity index (χ3n) is 5.65. The van der Waals surface area contributed by atoms with Crippen molar-refractivity contribution in [2.24, 2.45) is 0 Å². The standard InChI is InChI=1S/C26H20N4O3/c31-24(27-15-17-5-9-19(10-6-17)23-13-14-28-29-23)20-11-7-18(8-12-20)16-30-25(32)21-3-1-2-4-22(21)26(30)33/h1-14H,15-16H2,(H,27,31)(H,28,29). The Morgan fingerprint density at radius 1 is 0.818 bits per heavy atom. The van der Waals surface area contributed by atoms with Crippen LogP contribution in [0.5, 0.6) is 0 Å². The number of H-pyrrole nitrogens is 1. The van der Waals surface area contributed by atoms with Crippen LogP contribution in [0.4, 0.5) is 0 Å². The number of aromatic nitrogens is 2. The van der Waals surface area contributed by atoms with Gasteiger partial charge in [-0.15, -0.1) is 0 Å². The van der Waals surface area contributed by atoms with Crippen molar-refractivity contribution in [1.29, 1.82) is 0 Å². The summed E-state index contributed by atoms with van der Waals surface area (Å²) in [6, 6.07) is 23.5. The number of carbonyl (C=O) groups is 3. The smallest absolute Gasteiger partial charge is 0.261 e. The number of nitrogens with zero attached hydrogens (tertiary/aromatic N) is 2. The third kappa shape index (κ3) is 4.04. The molecule has 3 aromatic carbocycles. The number of fused-ring (bicyclic) bond motifs is 1. The molecule has 3 amide bonds. The minimum atomic E-state index is -0.295. The summed E-state index contributed by atoms with van der Waals surface area (Å²) in [5.74, 6) is -0.785. The second-order valence-corrected chi connectivity index (χ2v) is 7.79. The Morgan fingerprint density at radius 2 is 1.45 bits per heavy atom. The van der Waals surface area contributed by atoms with Gasteiger partial charge in [-0.3, -0.25) is 24.4 Å². The first-order valence-electron chi connectivity index (χ1n) is 10.5. The van der Waals surface area contributed by atoms with E-state index >= 15 is 0 Å². The molecule has 1 aromatic heterocycles. The molecule has 0 spiro atoms. The van der Waals surface area contributed by atoms with Crippen LogP contribution in [-0.4, -0.2) is 32.8 Å². The van der Waals surface area contributed by atoms with Crippen molar-refractivity contribution in [1.82, 2.24) is 20.4 Å². The average Bonchev–Trinajstić information content (AvgIpc) is 3.48. The second kappa shape index (κ2) is 8.55. The van der Waals surface area contributed by atoms with Gasteiger partial charge in [-0.25, -0.2) is 0 Å². The van der Waals surface area contributed by atoms with Gasteiger partial charge in [-0.05, 0) is 47.0 Å². The highest BCUT2D eigenvalue weighted by molar-refractivity contribution is 6.21. The number of amides is 3. The highest BCUT2D eigenvalue weighted by Crippen LogP contribution is 2.24. The number of benzene rings is 3. The number of rotatable bonds is 6. The maximum Gasteiger partial charge on any atom is 0.261 e. The van der Waals surface area contributed by atoms with E-state index < -0.39 is 0 Å². The monoisotopic (exact) mass is 436 g/mol. The number of hydrogen-bond acceptors (Lipinski definition) is 4. The van der Waals surface area contributed by atoms with Gasteiger partial charge in [0.15, 0.2) is 0 Å². The van der Waals surface area contributed by atoms with E-state index in [1.165, 1.54) is 4.90 Å². The lowest BCUT2D eigenvalue weighted by molar-refractivity contribution is 0.0641. The molecule has 1 aliphatic heterocycles. The van der Waals surface area contributed by atoms with Gasteiger partial charge in [0, 0.05) is 18.3 Å². The molecule has 0 unspecified atom stereocenters. The molecule has 0 atom stereocenters. The lowest BCUT2D eigenvalue weighted by Crippen LogP contribution is -2.29. The number of nitrogens with one attached hydrogen (secondary N) is 2. The molecular formula is C26H20N4O3. The quantitative estimate of drug-likeness (QED) is 0.450. The van der Waals surface area contributed by atoms with Crippen molar-refractivity contribution in [2.45, 2.75) is 13.1 Å². The van der Waals surface area contributed by atoms with Gasteiger partial charge in [-0.2, -0.15) is 5.10 Å². The van der Waals surface area contributed by atoms with Crippen LogP contribution in [0.25, 0.3) is 11.3 Å². The summed E-state index contributed by atoms with van der Waals surface area (Å²) >= 11 is 0. The zero-order valence-corrected chi connectivity index (χ0v) is 17.6. The molecule has 162 valence electrons. The van der Waals surface area contributed by atoms with Crippen LogP contribution in [-0.2, 0) is 13.1 Å². The van der Waals surface area contributed by atoms with Crippen LogP contribution in [0.1, 0.15) is 42.2 Å². The number of imide groups is 1. The van der Waals surface area contributed by atoms with E-state index in [-0.39, 0.29) is 24.3 Å². The summed E-state index contributed by atoms with van der Waals surface area (Å²) in [5.41, 5.74) is 5.08. The lowest BCUT2D eigenvalue weighted by Gasteiger charge is -2.14. The molecule has 7 heteroatoms. The van der Waals surface area contributed by atoms with Crippen molar-refractivity contribution < 1.29 is 14.4 Å². The Balaban J connectivity index is 1.19. The summed E-state index contributed by atoms with van der Waals surface area (Å²) in [6.07, 6.45) is 1.70. The topological polar surface area (TPSA) is 95.2 Å². The summed E-state index contributed by atoms with van der Waals surface area (Å²) in [6.45, 7) is 0.565. The molecule has 7 nitrogen and oxygen atoms in total. The first-order chi connectivity index (χ1) is 16.1. The average molecular weight is 436 g/mol. The first kappa shape index (κ1) is 20.4.